The number of halogens is 2. The Morgan fingerprint density at radius 3 is 2.67 bits per heavy atom. The van der Waals surface area contributed by atoms with Crippen molar-refractivity contribution in [3.8, 4) is 0 Å². The number of pyridine rings is 1. The normalized spacial score (nSPS) is 11.2. The van der Waals surface area contributed by atoms with Crippen LogP contribution in [0, 0.1) is 9.39 Å². The molecule has 2 aromatic rings. The second-order valence-electron chi connectivity index (χ2n) is 3.40. The molecule has 0 amide bonds. The van der Waals surface area contributed by atoms with Gasteiger partial charge in [-0.25, -0.2) is 12.8 Å². The van der Waals surface area contributed by atoms with Crippen LogP contribution in [0.15, 0.2) is 47.6 Å². The smallest absolute Gasteiger partial charge is 0.263 e. The Morgan fingerprint density at radius 2 is 2.00 bits per heavy atom. The number of nitrogens with zero attached hydrogens (tertiary/aromatic N) is 1. The number of hydrogen-bond donors (Lipinski definition) is 1. The van der Waals surface area contributed by atoms with Crippen molar-refractivity contribution in [1.82, 2.24) is 4.98 Å². The molecule has 1 aromatic heterocycles. The van der Waals surface area contributed by atoms with Crippen LogP contribution in [-0.2, 0) is 10.0 Å². The molecule has 0 unspecified atom stereocenters. The van der Waals surface area contributed by atoms with Crippen molar-refractivity contribution in [3.05, 3.63) is 52.1 Å². The Morgan fingerprint density at radius 1 is 1.22 bits per heavy atom. The van der Waals surface area contributed by atoms with E-state index in [9.17, 15) is 12.8 Å². The molecule has 1 heterocycles. The van der Waals surface area contributed by atoms with Gasteiger partial charge in [-0.3, -0.25) is 9.71 Å². The molecule has 94 valence electrons. The van der Waals surface area contributed by atoms with Crippen LogP contribution in [0.4, 0.5) is 10.1 Å². The van der Waals surface area contributed by atoms with E-state index in [4.69, 9.17) is 0 Å². The Labute approximate surface area is 117 Å². The zero-order valence-electron chi connectivity index (χ0n) is 8.97. The van der Waals surface area contributed by atoms with Crippen LogP contribution in [0.3, 0.4) is 0 Å². The van der Waals surface area contributed by atoms with Crippen molar-refractivity contribution in [1.29, 1.82) is 0 Å². The lowest BCUT2D eigenvalue weighted by Gasteiger charge is -2.09. The van der Waals surface area contributed by atoms with Gasteiger partial charge in [0.15, 0.2) is 0 Å². The summed E-state index contributed by atoms with van der Waals surface area (Å²) >= 11 is 1.75. The lowest BCUT2D eigenvalue weighted by Crippen LogP contribution is -2.14. The number of nitrogens with one attached hydrogen (secondary N) is 1. The van der Waals surface area contributed by atoms with E-state index in [-0.39, 0.29) is 14.2 Å². The first-order chi connectivity index (χ1) is 8.50. The fraction of sp³-hybridized carbons (Fsp3) is 0. The molecular formula is C11H8FIN2O2S. The summed E-state index contributed by atoms with van der Waals surface area (Å²) in [4.78, 5) is 3.77. The fourth-order valence-electron chi connectivity index (χ4n) is 1.29. The lowest BCUT2D eigenvalue weighted by molar-refractivity contribution is 0.600. The molecule has 1 N–H and O–H groups in total. The molecule has 0 atom stereocenters. The van der Waals surface area contributed by atoms with Crippen molar-refractivity contribution in [2.45, 2.75) is 4.90 Å². The van der Waals surface area contributed by atoms with Crippen molar-refractivity contribution in [2.24, 2.45) is 0 Å². The molecule has 0 aliphatic rings. The van der Waals surface area contributed by atoms with E-state index >= 15 is 0 Å². The van der Waals surface area contributed by atoms with Gasteiger partial charge in [0, 0.05) is 12.4 Å². The first-order valence-corrected chi connectivity index (χ1v) is 7.44. The van der Waals surface area contributed by atoms with E-state index in [0.717, 1.165) is 0 Å². The Kier molecular flexibility index (Phi) is 3.81. The highest BCUT2D eigenvalue weighted by molar-refractivity contribution is 14.1. The first kappa shape index (κ1) is 13.2. The highest BCUT2D eigenvalue weighted by Crippen LogP contribution is 2.23. The fourth-order valence-corrected chi connectivity index (χ4v) is 3.00. The molecule has 0 saturated carbocycles. The number of sulfonamides is 1. The van der Waals surface area contributed by atoms with Crippen LogP contribution in [0.5, 0.6) is 0 Å². The summed E-state index contributed by atoms with van der Waals surface area (Å²) in [5.74, 6) is -0.470. The summed E-state index contributed by atoms with van der Waals surface area (Å²) < 4.78 is 39.8. The topological polar surface area (TPSA) is 59.1 Å². The zero-order chi connectivity index (χ0) is 13.2. The van der Waals surface area contributed by atoms with Gasteiger partial charge in [-0.05, 0) is 46.9 Å². The number of rotatable bonds is 3. The zero-order valence-corrected chi connectivity index (χ0v) is 11.9. The summed E-state index contributed by atoms with van der Waals surface area (Å²) in [5.41, 5.74) is 0.208. The molecule has 2 rings (SSSR count). The Balaban J connectivity index is 2.37. The van der Waals surface area contributed by atoms with E-state index in [1.165, 1.54) is 42.7 Å². The quantitative estimate of drug-likeness (QED) is 0.836. The maximum Gasteiger partial charge on any atom is 0.263 e. The van der Waals surface area contributed by atoms with Crippen LogP contribution < -0.4 is 4.72 Å². The molecule has 0 fully saturated rings. The van der Waals surface area contributed by atoms with Crippen LogP contribution in [0.2, 0.25) is 0 Å². The average Bonchev–Trinajstić information content (AvgIpc) is 2.36. The molecule has 0 aliphatic carbocycles. The van der Waals surface area contributed by atoms with Crippen molar-refractivity contribution >= 4 is 38.3 Å². The minimum atomic E-state index is -3.74. The molecule has 0 aliphatic heterocycles. The van der Waals surface area contributed by atoms with Crippen LogP contribution in [-0.4, -0.2) is 13.4 Å². The third-order valence-electron chi connectivity index (χ3n) is 2.14. The van der Waals surface area contributed by atoms with E-state index in [2.05, 4.69) is 9.71 Å². The molecule has 0 saturated heterocycles. The summed E-state index contributed by atoms with van der Waals surface area (Å²) in [7, 11) is -3.74. The van der Waals surface area contributed by atoms with Crippen LogP contribution >= 0.6 is 22.6 Å². The molecule has 4 nitrogen and oxygen atoms in total. The maximum absolute atomic E-state index is 13.3. The predicted octanol–water partition coefficient (Wildman–Crippen LogP) is 2.63. The van der Waals surface area contributed by atoms with Crippen LogP contribution in [0.25, 0.3) is 0 Å². The molecule has 0 bridgehead atoms. The van der Waals surface area contributed by atoms with Gasteiger partial charge in [-0.2, -0.15) is 0 Å². The maximum atomic E-state index is 13.3. The second-order valence-corrected chi connectivity index (χ2v) is 6.16. The van der Waals surface area contributed by atoms with Crippen molar-refractivity contribution in [3.63, 3.8) is 0 Å². The summed E-state index contributed by atoms with van der Waals surface area (Å²) in [6, 6.07) is 7.15. The predicted molar refractivity (Wildman–Crippen MR) is 74.2 cm³/mol. The minimum absolute atomic E-state index is 0.0325. The highest BCUT2D eigenvalue weighted by atomic mass is 127. The second kappa shape index (κ2) is 5.19. The minimum Gasteiger partial charge on any atom is -0.278 e. The number of anilines is 1. The van der Waals surface area contributed by atoms with Gasteiger partial charge < -0.3 is 0 Å². The van der Waals surface area contributed by atoms with E-state index in [1.807, 2.05) is 0 Å². The third kappa shape index (κ3) is 2.78. The number of benzene rings is 1. The standard InChI is InChI=1S/C11H8FIN2O2S/c12-9-4-1-5-10(11(9)13)15-18(16,17)8-3-2-6-14-7-8/h1-7,15H. The summed E-state index contributed by atoms with van der Waals surface area (Å²) in [6.07, 6.45) is 2.71. The number of hydrogen-bond acceptors (Lipinski definition) is 3. The molecule has 0 spiro atoms. The summed E-state index contributed by atoms with van der Waals surface area (Å²) in [5, 5.41) is 0. The van der Waals surface area contributed by atoms with Crippen molar-refractivity contribution < 1.29 is 12.8 Å². The number of aromatic nitrogens is 1. The van der Waals surface area contributed by atoms with E-state index < -0.39 is 15.8 Å². The Hall–Kier alpha value is -1.22. The van der Waals surface area contributed by atoms with Gasteiger partial charge in [0.05, 0.1) is 9.26 Å². The van der Waals surface area contributed by atoms with E-state index in [0.29, 0.717) is 0 Å². The Bertz CT molecular complexity index is 662. The molecule has 7 heteroatoms. The molecule has 18 heavy (non-hydrogen) atoms. The monoisotopic (exact) mass is 378 g/mol. The third-order valence-corrected chi connectivity index (χ3v) is 4.59. The molecule has 1 aromatic carbocycles. The highest BCUT2D eigenvalue weighted by Gasteiger charge is 2.16. The molecule has 0 radical (unpaired) electrons. The van der Waals surface area contributed by atoms with Gasteiger partial charge in [-0.1, -0.05) is 6.07 Å². The van der Waals surface area contributed by atoms with E-state index in [1.54, 1.807) is 22.6 Å². The van der Waals surface area contributed by atoms with Crippen LogP contribution in [0.1, 0.15) is 0 Å². The van der Waals surface area contributed by atoms with Gasteiger partial charge in [-0.15, -0.1) is 0 Å². The largest absolute Gasteiger partial charge is 0.278 e. The van der Waals surface area contributed by atoms with Crippen molar-refractivity contribution in [2.75, 3.05) is 4.72 Å². The average molecular weight is 378 g/mol. The van der Waals surface area contributed by atoms with Gasteiger partial charge >= 0.3 is 0 Å². The first-order valence-electron chi connectivity index (χ1n) is 4.87. The van der Waals surface area contributed by atoms with Gasteiger partial charge in [0.25, 0.3) is 10.0 Å². The lowest BCUT2D eigenvalue weighted by atomic mass is 10.3. The summed E-state index contributed by atoms with van der Waals surface area (Å²) in [6.45, 7) is 0. The molecular weight excluding hydrogens is 370 g/mol. The SMILES string of the molecule is O=S(=O)(Nc1cccc(F)c1I)c1cccnc1. The van der Waals surface area contributed by atoms with Gasteiger partial charge in [0.2, 0.25) is 0 Å². The van der Waals surface area contributed by atoms with Gasteiger partial charge in [0.1, 0.15) is 10.7 Å².